The van der Waals surface area contributed by atoms with E-state index >= 15 is 0 Å². The summed E-state index contributed by atoms with van der Waals surface area (Å²) in [5.74, 6) is -2.09. The van der Waals surface area contributed by atoms with Gasteiger partial charge in [0.05, 0.1) is 6.20 Å². The van der Waals surface area contributed by atoms with Gasteiger partial charge in [-0.2, -0.15) is 0 Å². The summed E-state index contributed by atoms with van der Waals surface area (Å²) in [7, 11) is 0. The Hall–Kier alpha value is -2.77. The minimum Gasteiger partial charge on any atom is -0.475 e. The maximum Gasteiger partial charge on any atom is 0.374 e. The van der Waals surface area contributed by atoms with Crippen molar-refractivity contribution in [2.75, 3.05) is 5.32 Å². The molecule has 86 valence electrons. The van der Waals surface area contributed by atoms with E-state index in [-0.39, 0.29) is 11.5 Å². The van der Waals surface area contributed by atoms with E-state index in [1.54, 1.807) is 0 Å². The van der Waals surface area contributed by atoms with Crippen LogP contribution >= 0.6 is 0 Å². The van der Waals surface area contributed by atoms with E-state index in [1.807, 2.05) is 0 Å². The van der Waals surface area contributed by atoms with Crippen LogP contribution in [0, 0.1) is 0 Å². The molecule has 0 bridgehead atoms. The fourth-order valence-corrected chi connectivity index (χ4v) is 1.03. The molecule has 2 rings (SSSR count). The standard InChI is InChI=1S/C9H6N4O4/c14-8(12-7-4-10-1-2-11-7)5-3-6(9(15)16)17-13-5/h1-4H,(H,15,16)(H,11,12,14). The van der Waals surface area contributed by atoms with E-state index in [4.69, 9.17) is 5.11 Å². The number of aromatic nitrogens is 3. The highest BCUT2D eigenvalue weighted by molar-refractivity contribution is 6.03. The van der Waals surface area contributed by atoms with Crippen molar-refractivity contribution in [1.82, 2.24) is 15.1 Å². The third kappa shape index (κ3) is 2.43. The topological polar surface area (TPSA) is 118 Å². The van der Waals surface area contributed by atoms with Crippen LogP contribution in [0.1, 0.15) is 21.0 Å². The molecule has 17 heavy (non-hydrogen) atoms. The third-order valence-electron chi connectivity index (χ3n) is 1.76. The first-order valence-electron chi connectivity index (χ1n) is 4.44. The summed E-state index contributed by atoms with van der Waals surface area (Å²) in [6, 6.07) is 1.02. The average molecular weight is 234 g/mol. The summed E-state index contributed by atoms with van der Waals surface area (Å²) in [5.41, 5.74) is -0.145. The maximum absolute atomic E-state index is 11.6. The maximum atomic E-state index is 11.6. The van der Waals surface area contributed by atoms with Gasteiger partial charge in [-0.15, -0.1) is 0 Å². The second-order valence-corrected chi connectivity index (χ2v) is 2.93. The van der Waals surface area contributed by atoms with Crippen molar-refractivity contribution >= 4 is 17.7 Å². The Balaban J connectivity index is 2.12. The van der Waals surface area contributed by atoms with Crippen LogP contribution in [0.5, 0.6) is 0 Å². The molecule has 0 radical (unpaired) electrons. The number of nitrogens with one attached hydrogen (secondary N) is 1. The van der Waals surface area contributed by atoms with Gasteiger partial charge in [-0.05, 0) is 0 Å². The molecular weight excluding hydrogens is 228 g/mol. The predicted molar refractivity (Wildman–Crippen MR) is 53.4 cm³/mol. The lowest BCUT2D eigenvalue weighted by Crippen LogP contribution is -2.13. The number of nitrogens with zero attached hydrogens (tertiary/aromatic N) is 3. The molecule has 0 aliphatic rings. The largest absolute Gasteiger partial charge is 0.475 e. The number of amides is 1. The molecule has 2 aromatic heterocycles. The fraction of sp³-hybridized carbons (Fsp3) is 0. The molecule has 1 amide bonds. The van der Waals surface area contributed by atoms with Crippen molar-refractivity contribution in [3.8, 4) is 0 Å². The second kappa shape index (κ2) is 4.39. The summed E-state index contributed by atoms with van der Waals surface area (Å²) >= 11 is 0. The number of hydrogen-bond acceptors (Lipinski definition) is 6. The van der Waals surface area contributed by atoms with Gasteiger partial charge in [0.25, 0.3) is 5.91 Å². The minimum absolute atomic E-state index is 0.145. The van der Waals surface area contributed by atoms with Crippen molar-refractivity contribution in [1.29, 1.82) is 0 Å². The summed E-state index contributed by atoms with van der Waals surface area (Å²) < 4.78 is 4.44. The SMILES string of the molecule is O=C(Nc1cnccn1)c1cc(C(=O)O)on1. The molecule has 2 heterocycles. The van der Waals surface area contributed by atoms with Gasteiger partial charge in [0.1, 0.15) is 0 Å². The van der Waals surface area contributed by atoms with Gasteiger partial charge in [0.2, 0.25) is 5.76 Å². The number of carbonyl (C=O) groups is 2. The minimum atomic E-state index is -1.30. The van der Waals surface area contributed by atoms with Crippen LogP contribution in [0.15, 0.2) is 29.2 Å². The van der Waals surface area contributed by atoms with Crippen LogP contribution < -0.4 is 5.32 Å². The Bertz CT molecular complexity index is 551. The first-order valence-corrected chi connectivity index (χ1v) is 4.44. The number of aromatic carboxylic acids is 1. The van der Waals surface area contributed by atoms with E-state index in [1.165, 1.54) is 18.6 Å². The number of anilines is 1. The molecule has 0 aliphatic heterocycles. The molecule has 2 aromatic rings. The lowest BCUT2D eigenvalue weighted by Gasteiger charge is -1.98. The van der Waals surface area contributed by atoms with Crippen LogP contribution in [0.2, 0.25) is 0 Å². The molecule has 8 nitrogen and oxygen atoms in total. The number of hydrogen-bond donors (Lipinski definition) is 2. The lowest BCUT2D eigenvalue weighted by atomic mass is 10.3. The molecule has 0 unspecified atom stereocenters. The summed E-state index contributed by atoms with van der Waals surface area (Å²) in [6.07, 6.45) is 4.20. The Morgan fingerprint density at radius 1 is 1.35 bits per heavy atom. The van der Waals surface area contributed by atoms with E-state index in [2.05, 4.69) is 25.0 Å². The van der Waals surface area contributed by atoms with Gasteiger partial charge in [-0.3, -0.25) is 9.78 Å². The summed E-state index contributed by atoms with van der Waals surface area (Å²) in [5, 5.41) is 14.3. The van der Waals surface area contributed by atoms with Crippen molar-refractivity contribution < 1.29 is 19.2 Å². The Labute approximate surface area is 94.3 Å². The molecule has 0 aromatic carbocycles. The van der Waals surface area contributed by atoms with Crippen molar-refractivity contribution in [3.63, 3.8) is 0 Å². The highest BCUT2D eigenvalue weighted by Crippen LogP contribution is 2.06. The smallest absolute Gasteiger partial charge is 0.374 e. The Kier molecular flexibility index (Phi) is 2.77. The average Bonchev–Trinajstić information content (AvgIpc) is 2.79. The second-order valence-electron chi connectivity index (χ2n) is 2.93. The van der Waals surface area contributed by atoms with E-state index in [0.717, 1.165) is 6.07 Å². The fourth-order valence-electron chi connectivity index (χ4n) is 1.03. The zero-order valence-corrected chi connectivity index (χ0v) is 8.32. The molecule has 0 aliphatic carbocycles. The summed E-state index contributed by atoms with van der Waals surface area (Å²) in [6.45, 7) is 0. The van der Waals surface area contributed by atoms with E-state index < -0.39 is 17.6 Å². The number of carboxylic acids is 1. The van der Waals surface area contributed by atoms with E-state index in [0.29, 0.717) is 0 Å². The monoisotopic (exact) mass is 234 g/mol. The number of carboxylic acid groups (broad SMARTS) is 1. The van der Waals surface area contributed by atoms with Gasteiger partial charge < -0.3 is 14.9 Å². The van der Waals surface area contributed by atoms with Crippen LogP contribution in [0.4, 0.5) is 5.82 Å². The third-order valence-corrected chi connectivity index (χ3v) is 1.76. The molecule has 8 heteroatoms. The number of rotatable bonds is 3. The zero-order valence-electron chi connectivity index (χ0n) is 8.32. The normalized spacial score (nSPS) is 9.88. The molecule has 0 spiro atoms. The molecule has 0 saturated carbocycles. The van der Waals surface area contributed by atoms with Crippen LogP contribution in [0.25, 0.3) is 0 Å². The Morgan fingerprint density at radius 2 is 2.18 bits per heavy atom. The van der Waals surface area contributed by atoms with Gasteiger partial charge in [0, 0.05) is 18.5 Å². The Morgan fingerprint density at radius 3 is 2.76 bits per heavy atom. The summed E-state index contributed by atoms with van der Waals surface area (Å²) in [4.78, 5) is 29.6. The molecule has 0 fully saturated rings. The van der Waals surface area contributed by atoms with Crippen LogP contribution in [-0.2, 0) is 0 Å². The van der Waals surface area contributed by atoms with Gasteiger partial charge in [0.15, 0.2) is 11.5 Å². The van der Waals surface area contributed by atoms with Crippen molar-refractivity contribution in [3.05, 3.63) is 36.1 Å². The van der Waals surface area contributed by atoms with Gasteiger partial charge in [-0.1, -0.05) is 5.16 Å². The molecular formula is C9H6N4O4. The van der Waals surface area contributed by atoms with Crippen LogP contribution in [-0.4, -0.2) is 32.1 Å². The van der Waals surface area contributed by atoms with Gasteiger partial charge in [-0.25, -0.2) is 9.78 Å². The first-order chi connectivity index (χ1) is 8.16. The molecule has 0 saturated heterocycles. The van der Waals surface area contributed by atoms with Gasteiger partial charge >= 0.3 is 5.97 Å². The first kappa shape index (κ1) is 10.7. The number of carbonyl (C=O) groups excluding carboxylic acids is 1. The van der Waals surface area contributed by atoms with Crippen LogP contribution in [0.3, 0.4) is 0 Å². The highest BCUT2D eigenvalue weighted by atomic mass is 16.5. The van der Waals surface area contributed by atoms with Crippen molar-refractivity contribution in [2.45, 2.75) is 0 Å². The molecule has 0 atom stereocenters. The predicted octanol–water partition coefficient (Wildman–Crippen LogP) is 0.415. The lowest BCUT2D eigenvalue weighted by molar-refractivity contribution is 0.0651. The van der Waals surface area contributed by atoms with Crippen molar-refractivity contribution in [2.24, 2.45) is 0 Å². The zero-order chi connectivity index (χ0) is 12.3. The van der Waals surface area contributed by atoms with E-state index in [9.17, 15) is 9.59 Å². The quantitative estimate of drug-likeness (QED) is 0.789. The molecule has 2 N–H and O–H groups in total. The highest BCUT2D eigenvalue weighted by Gasteiger charge is 2.16.